The molecule has 0 bridgehead atoms. The number of nitrogens with zero attached hydrogens (tertiary/aromatic N) is 2. The molecule has 1 aliphatic heterocycles. The van der Waals surface area contributed by atoms with Crippen LogP contribution in [-0.4, -0.2) is 75.7 Å². The molecule has 0 aliphatic carbocycles. The van der Waals surface area contributed by atoms with Crippen molar-refractivity contribution in [3.63, 3.8) is 0 Å². The SMILES string of the molecule is CC(NC(=O)C(NC(=O)OC(C)(C)C)C(C)C)C(=O)N1CCC[C@@H](C(=O)O[C@H](C)c2cnc3ccc(/C=C/CC(=O)OC(C)(C)C)cc3c2)N1. The van der Waals surface area contributed by atoms with Gasteiger partial charge in [0.15, 0.2) is 0 Å². The summed E-state index contributed by atoms with van der Waals surface area (Å²) in [5, 5.41) is 7.43. The normalized spacial score (nSPS) is 17.2. The van der Waals surface area contributed by atoms with E-state index in [1.165, 1.54) is 5.01 Å². The van der Waals surface area contributed by atoms with Crippen molar-refractivity contribution in [3.8, 4) is 0 Å². The highest BCUT2D eigenvalue weighted by Crippen LogP contribution is 2.24. The zero-order valence-electron chi connectivity index (χ0n) is 30.9. The van der Waals surface area contributed by atoms with Crippen molar-refractivity contribution in [1.82, 2.24) is 26.1 Å². The van der Waals surface area contributed by atoms with E-state index >= 15 is 0 Å². The third-order valence-corrected chi connectivity index (χ3v) is 7.59. The van der Waals surface area contributed by atoms with Gasteiger partial charge in [0.1, 0.15) is 35.4 Å². The first-order chi connectivity index (χ1) is 23.2. The predicted octanol–water partition coefficient (Wildman–Crippen LogP) is 5.13. The van der Waals surface area contributed by atoms with Gasteiger partial charge in [0, 0.05) is 23.7 Å². The molecule has 1 saturated heterocycles. The molecule has 1 aromatic heterocycles. The van der Waals surface area contributed by atoms with Gasteiger partial charge in [-0.05, 0) is 97.9 Å². The lowest BCUT2D eigenvalue weighted by Gasteiger charge is -2.35. The van der Waals surface area contributed by atoms with Crippen molar-refractivity contribution in [2.45, 2.75) is 124 Å². The zero-order valence-corrected chi connectivity index (χ0v) is 30.9. The summed E-state index contributed by atoms with van der Waals surface area (Å²) in [5.41, 5.74) is 4.03. The fourth-order valence-electron chi connectivity index (χ4n) is 5.18. The number of hydrogen-bond acceptors (Lipinski definition) is 10. The number of ether oxygens (including phenoxy) is 3. The Hall–Kier alpha value is -4.52. The number of alkyl carbamates (subject to hydrolysis) is 1. The Labute approximate surface area is 294 Å². The summed E-state index contributed by atoms with van der Waals surface area (Å²) in [6.45, 7) is 17.8. The Morgan fingerprint density at radius 2 is 1.66 bits per heavy atom. The molecule has 3 N–H and O–H groups in total. The standard InChI is InChI=1S/C37H53N5O8/c1-22(2)31(40-35(47)50-37(8,9)10)32(44)39-23(3)33(45)42-18-12-14-29(41-42)34(46)48-24(4)27-20-26-19-25(16-17-28(26)38-21-27)13-11-15-30(43)49-36(5,6)7/h11,13,16-17,19-24,29,31,41H,12,14-15,18H2,1-10H3,(H,39,44)(H,40,47)/b13-11+/t23?,24-,29+,31?/m1/s1. The van der Waals surface area contributed by atoms with Crippen molar-refractivity contribution >= 4 is 46.8 Å². The molecule has 13 nitrogen and oxygen atoms in total. The summed E-state index contributed by atoms with van der Waals surface area (Å²) in [6, 6.07) is 5.00. The van der Waals surface area contributed by atoms with Crippen molar-refractivity contribution < 1.29 is 38.2 Å². The Kier molecular flexibility index (Phi) is 13.5. The van der Waals surface area contributed by atoms with Crippen LogP contribution in [0.3, 0.4) is 0 Å². The van der Waals surface area contributed by atoms with Crippen LogP contribution in [0.15, 0.2) is 36.5 Å². The van der Waals surface area contributed by atoms with E-state index in [0.717, 1.165) is 16.5 Å². The molecule has 0 radical (unpaired) electrons. The number of pyridine rings is 1. The molecule has 2 aromatic rings. The maximum atomic E-state index is 13.3. The molecule has 274 valence electrons. The van der Waals surface area contributed by atoms with Crippen LogP contribution in [0.25, 0.3) is 17.0 Å². The van der Waals surface area contributed by atoms with Crippen LogP contribution < -0.4 is 16.1 Å². The summed E-state index contributed by atoms with van der Waals surface area (Å²) in [4.78, 5) is 68.4. The number of carbonyl (C=O) groups is 5. The lowest BCUT2D eigenvalue weighted by Crippen LogP contribution is -2.61. The predicted molar refractivity (Wildman–Crippen MR) is 189 cm³/mol. The van der Waals surface area contributed by atoms with Gasteiger partial charge < -0.3 is 24.8 Å². The van der Waals surface area contributed by atoms with E-state index in [4.69, 9.17) is 14.2 Å². The lowest BCUT2D eigenvalue weighted by molar-refractivity contribution is -0.157. The fourth-order valence-corrected chi connectivity index (χ4v) is 5.18. The maximum absolute atomic E-state index is 13.3. The second kappa shape index (κ2) is 16.9. The second-order valence-electron chi connectivity index (χ2n) is 14.9. The smallest absolute Gasteiger partial charge is 0.408 e. The van der Waals surface area contributed by atoms with Gasteiger partial charge in [0.05, 0.1) is 11.9 Å². The molecule has 1 fully saturated rings. The number of esters is 2. The number of carbonyl (C=O) groups excluding carboxylic acids is 5. The molecule has 0 spiro atoms. The Morgan fingerprint density at radius 3 is 2.30 bits per heavy atom. The van der Waals surface area contributed by atoms with Crippen molar-refractivity contribution in [1.29, 1.82) is 0 Å². The highest BCUT2D eigenvalue weighted by Gasteiger charge is 2.34. The molecule has 2 unspecified atom stereocenters. The number of hydrazine groups is 1. The van der Waals surface area contributed by atoms with Gasteiger partial charge in [-0.25, -0.2) is 10.2 Å². The van der Waals surface area contributed by atoms with Gasteiger partial charge in [-0.2, -0.15) is 0 Å². The van der Waals surface area contributed by atoms with Gasteiger partial charge in [-0.3, -0.25) is 29.2 Å². The fraction of sp³-hybridized carbons (Fsp3) is 0.568. The average Bonchev–Trinajstić information content (AvgIpc) is 3.01. The average molecular weight is 696 g/mol. The largest absolute Gasteiger partial charge is 0.460 e. The summed E-state index contributed by atoms with van der Waals surface area (Å²) < 4.78 is 16.4. The molecule has 4 atom stereocenters. The van der Waals surface area contributed by atoms with Crippen LogP contribution in [0.5, 0.6) is 0 Å². The Morgan fingerprint density at radius 1 is 0.980 bits per heavy atom. The van der Waals surface area contributed by atoms with E-state index < -0.39 is 59.3 Å². The topological polar surface area (TPSA) is 165 Å². The van der Waals surface area contributed by atoms with Crippen LogP contribution in [0.4, 0.5) is 4.79 Å². The van der Waals surface area contributed by atoms with Crippen LogP contribution in [0, 0.1) is 5.92 Å². The number of aromatic nitrogens is 1. The third kappa shape index (κ3) is 12.4. The number of benzene rings is 1. The van der Waals surface area contributed by atoms with Crippen LogP contribution in [0.2, 0.25) is 0 Å². The lowest BCUT2D eigenvalue weighted by atomic mass is 10.0. The van der Waals surface area contributed by atoms with E-state index in [2.05, 4.69) is 21.0 Å². The summed E-state index contributed by atoms with van der Waals surface area (Å²) in [7, 11) is 0. The van der Waals surface area contributed by atoms with E-state index in [9.17, 15) is 24.0 Å². The summed E-state index contributed by atoms with van der Waals surface area (Å²) in [5.74, 6) is -2.06. The number of fused-ring (bicyclic) bond motifs is 1. The van der Waals surface area contributed by atoms with Crippen molar-refractivity contribution in [2.75, 3.05) is 6.54 Å². The van der Waals surface area contributed by atoms with Gasteiger partial charge in [-0.15, -0.1) is 0 Å². The molecule has 2 heterocycles. The summed E-state index contributed by atoms with van der Waals surface area (Å²) >= 11 is 0. The van der Waals surface area contributed by atoms with Gasteiger partial charge in [0.2, 0.25) is 5.91 Å². The minimum absolute atomic E-state index is 0.151. The molecule has 1 aliphatic rings. The molecule has 3 amide bonds. The Bertz CT molecular complexity index is 1580. The second-order valence-corrected chi connectivity index (χ2v) is 14.9. The highest BCUT2D eigenvalue weighted by atomic mass is 16.6. The number of hydrogen-bond donors (Lipinski definition) is 3. The van der Waals surface area contributed by atoms with Gasteiger partial charge in [-0.1, -0.05) is 32.1 Å². The maximum Gasteiger partial charge on any atom is 0.408 e. The molecule has 3 rings (SSSR count). The van der Waals surface area contributed by atoms with Gasteiger partial charge >= 0.3 is 18.0 Å². The minimum Gasteiger partial charge on any atom is -0.460 e. The number of rotatable bonds is 11. The van der Waals surface area contributed by atoms with E-state index in [0.29, 0.717) is 24.9 Å². The number of amides is 3. The monoisotopic (exact) mass is 695 g/mol. The first-order valence-electron chi connectivity index (χ1n) is 17.1. The zero-order chi connectivity index (χ0) is 37.4. The van der Waals surface area contributed by atoms with E-state index in [-0.39, 0.29) is 18.3 Å². The van der Waals surface area contributed by atoms with Crippen molar-refractivity contribution in [2.24, 2.45) is 5.92 Å². The van der Waals surface area contributed by atoms with Crippen LogP contribution in [-0.2, 0) is 33.4 Å². The number of nitrogens with one attached hydrogen (secondary N) is 3. The first-order valence-corrected chi connectivity index (χ1v) is 17.1. The summed E-state index contributed by atoms with van der Waals surface area (Å²) in [6.07, 6.45) is 5.06. The molecular formula is C37H53N5O8. The molecule has 13 heteroatoms. The van der Waals surface area contributed by atoms with Gasteiger partial charge in [0.25, 0.3) is 5.91 Å². The highest BCUT2D eigenvalue weighted by molar-refractivity contribution is 5.91. The third-order valence-electron chi connectivity index (χ3n) is 7.59. The molecule has 1 aromatic carbocycles. The van der Waals surface area contributed by atoms with E-state index in [1.54, 1.807) is 60.7 Å². The molecule has 50 heavy (non-hydrogen) atoms. The van der Waals surface area contributed by atoms with E-state index in [1.807, 2.05) is 51.1 Å². The molecular weight excluding hydrogens is 642 g/mol. The quantitative estimate of drug-likeness (QED) is 0.212. The first kappa shape index (κ1) is 39.9. The van der Waals surface area contributed by atoms with Crippen LogP contribution >= 0.6 is 0 Å². The van der Waals surface area contributed by atoms with Crippen molar-refractivity contribution in [3.05, 3.63) is 47.7 Å². The Balaban J connectivity index is 1.59. The molecule has 0 saturated carbocycles. The minimum atomic E-state index is -0.939. The van der Waals surface area contributed by atoms with Crippen LogP contribution in [0.1, 0.15) is 106 Å².